The molecule has 1 saturated heterocycles. The molecule has 1 rings (SSSR count). The van der Waals surface area contributed by atoms with Gasteiger partial charge in [0.25, 0.3) is 0 Å². The Morgan fingerprint density at radius 1 is 1.23 bits per heavy atom. The number of Topliss-reactive ketones (excluding diaryl/α,β-unsaturated/α-hetero) is 1. The van der Waals surface area contributed by atoms with Crippen LogP contribution >= 0.6 is 31.9 Å². The van der Waals surface area contributed by atoms with E-state index in [1.807, 2.05) is 5.32 Å². The maximum Gasteiger partial charge on any atom is 0.163 e. The molecule has 0 aromatic carbocycles. The third kappa shape index (κ3) is 2.00. The van der Waals surface area contributed by atoms with Crippen LogP contribution in [0.2, 0.25) is 0 Å². The van der Waals surface area contributed by atoms with Gasteiger partial charge < -0.3 is 5.32 Å². The molecule has 0 spiro atoms. The predicted molar refractivity (Wildman–Crippen MR) is 61.7 cm³/mol. The fourth-order valence-corrected chi connectivity index (χ4v) is 2.11. The maximum atomic E-state index is 12.6. The van der Waals surface area contributed by atoms with Crippen molar-refractivity contribution in [3.63, 3.8) is 0 Å². The van der Waals surface area contributed by atoms with Crippen molar-refractivity contribution >= 4 is 37.6 Å². The number of piperidine rings is 1. The molecule has 0 aliphatic carbocycles. The molecule has 76 valence electrons. The standard InChI is InChI=1S/C9H15Br2NO/c1-8(2)6(10)5(13)7(11)9(3,4)12-8/h6-7,12H,1-4H3/i1D3,2D3,3D3,4D3. The first-order valence-corrected chi connectivity index (χ1v) is 5.13. The number of carbonyl (C=O) groups is 1. The summed E-state index contributed by atoms with van der Waals surface area (Å²) in [5, 5.41) is 1.91. The van der Waals surface area contributed by atoms with Crippen LogP contribution in [0.4, 0.5) is 0 Å². The molecular formula is C9H15Br2NO. The van der Waals surface area contributed by atoms with Crippen LogP contribution in [0, 0.1) is 0 Å². The van der Waals surface area contributed by atoms with Gasteiger partial charge in [-0.2, -0.15) is 0 Å². The molecule has 0 amide bonds. The van der Waals surface area contributed by atoms with E-state index >= 15 is 0 Å². The van der Waals surface area contributed by atoms with Gasteiger partial charge >= 0.3 is 0 Å². The van der Waals surface area contributed by atoms with Crippen molar-refractivity contribution in [2.75, 3.05) is 0 Å². The first-order valence-electron chi connectivity index (χ1n) is 9.30. The minimum absolute atomic E-state index is 1.20. The number of nitrogens with one attached hydrogen (secondary N) is 1. The van der Waals surface area contributed by atoms with E-state index in [9.17, 15) is 4.79 Å². The van der Waals surface area contributed by atoms with Crippen LogP contribution < -0.4 is 5.32 Å². The molecule has 1 aliphatic rings. The molecule has 1 aliphatic heterocycles. The topological polar surface area (TPSA) is 29.1 Å². The molecule has 0 radical (unpaired) electrons. The fraction of sp³-hybridized carbons (Fsp3) is 0.889. The van der Waals surface area contributed by atoms with Crippen LogP contribution in [0.15, 0.2) is 0 Å². The van der Waals surface area contributed by atoms with Crippen molar-refractivity contribution < 1.29 is 21.2 Å². The molecule has 1 heterocycles. The fourth-order valence-electron chi connectivity index (χ4n) is 0.993. The molecule has 0 bridgehead atoms. The molecule has 1 N–H and O–H groups in total. The highest BCUT2D eigenvalue weighted by atomic mass is 79.9. The molecule has 2 nitrogen and oxygen atoms in total. The quantitative estimate of drug-likeness (QED) is 0.692. The van der Waals surface area contributed by atoms with Gasteiger partial charge in [-0.3, -0.25) is 4.79 Å². The van der Waals surface area contributed by atoms with E-state index in [1.165, 1.54) is 0 Å². The Morgan fingerprint density at radius 2 is 1.62 bits per heavy atom. The van der Waals surface area contributed by atoms with Gasteiger partial charge in [-0.1, -0.05) is 31.9 Å². The summed E-state index contributed by atoms with van der Waals surface area (Å²) in [6.07, 6.45) is 0. The molecule has 2 atom stereocenters. The minimum Gasteiger partial charge on any atom is -0.304 e. The molecule has 0 aromatic heterocycles. The summed E-state index contributed by atoms with van der Waals surface area (Å²) in [6, 6.07) is 0. The lowest BCUT2D eigenvalue weighted by molar-refractivity contribution is -0.122. The second-order valence-corrected chi connectivity index (χ2v) is 4.70. The third-order valence-electron chi connectivity index (χ3n) is 1.65. The molecule has 0 saturated carbocycles. The monoisotopic (exact) mass is 323 g/mol. The van der Waals surface area contributed by atoms with Gasteiger partial charge in [-0.05, 0) is 27.4 Å². The molecule has 13 heavy (non-hydrogen) atoms. The zero-order valence-corrected chi connectivity index (χ0v) is 9.49. The Hall–Kier alpha value is 0.590. The number of hydrogen-bond acceptors (Lipinski definition) is 2. The highest BCUT2D eigenvalue weighted by molar-refractivity contribution is 9.10. The largest absolute Gasteiger partial charge is 0.304 e. The van der Waals surface area contributed by atoms with Crippen LogP contribution in [0.3, 0.4) is 0 Å². The number of hydrogen-bond donors (Lipinski definition) is 1. The van der Waals surface area contributed by atoms with Crippen LogP contribution in [0.25, 0.3) is 0 Å². The summed E-state index contributed by atoms with van der Waals surface area (Å²) < 4.78 is 91.8. The van der Waals surface area contributed by atoms with Gasteiger partial charge in [0, 0.05) is 27.5 Å². The Morgan fingerprint density at radius 3 is 1.92 bits per heavy atom. The number of rotatable bonds is 0. The summed E-state index contributed by atoms with van der Waals surface area (Å²) in [5.74, 6) is -1.20. The van der Waals surface area contributed by atoms with Gasteiger partial charge in [0.15, 0.2) is 5.78 Å². The molecule has 2 unspecified atom stereocenters. The zero-order chi connectivity index (χ0) is 20.4. The van der Waals surface area contributed by atoms with Crippen molar-refractivity contribution in [2.24, 2.45) is 0 Å². The van der Waals surface area contributed by atoms with E-state index in [-0.39, 0.29) is 0 Å². The van der Waals surface area contributed by atoms with E-state index in [0.29, 0.717) is 0 Å². The van der Waals surface area contributed by atoms with Crippen molar-refractivity contribution in [1.29, 1.82) is 0 Å². The summed E-state index contributed by atoms with van der Waals surface area (Å²) >= 11 is 5.49. The Balaban J connectivity index is 3.96. The lowest BCUT2D eigenvalue weighted by atomic mass is 9.82. The summed E-state index contributed by atoms with van der Waals surface area (Å²) in [7, 11) is 0. The van der Waals surface area contributed by atoms with Crippen molar-refractivity contribution in [3.8, 4) is 0 Å². The second-order valence-electron chi connectivity index (χ2n) is 2.87. The van der Waals surface area contributed by atoms with E-state index in [1.54, 1.807) is 0 Å². The average molecular weight is 325 g/mol. The zero-order valence-electron chi connectivity index (χ0n) is 18.3. The van der Waals surface area contributed by atoms with Gasteiger partial charge in [0.2, 0.25) is 0 Å². The summed E-state index contributed by atoms with van der Waals surface area (Å²) in [6.45, 7) is -13.7. The molecule has 4 heteroatoms. The highest BCUT2D eigenvalue weighted by Gasteiger charge is 2.49. The lowest BCUT2D eigenvalue weighted by Gasteiger charge is -2.47. The number of halogens is 2. The van der Waals surface area contributed by atoms with E-state index in [2.05, 4.69) is 31.9 Å². The highest BCUT2D eigenvalue weighted by Crippen LogP contribution is 2.34. The molecular weight excluding hydrogens is 298 g/mol. The number of alkyl halides is 2. The Bertz CT molecular complexity index is 473. The first kappa shape index (κ1) is 3.29. The van der Waals surface area contributed by atoms with E-state index < -0.39 is 53.9 Å². The van der Waals surface area contributed by atoms with Crippen LogP contribution in [-0.2, 0) is 4.79 Å². The number of carbonyl (C=O) groups excluding carboxylic acids is 1. The Labute approximate surface area is 113 Å². The van der Waals surface area contributed by atoms with Crippen LogP contribution in [0.5, 0.6) is 0 Å². The first-order chi connectivity index (χ1) is 10.7. The van der Waals surface area contributed by atoms with Crippen LogP contribution in [0.1, 0.15) is 43.9 Å². The second kappa shape index (κ2) is 3.31. The summed E-state index contributed by atoms with van der Waals surface area (Å²) in [4.78, 5) is 8.84. The maximum absolute atomic E-state index is 12.6. The number of ketones is 1. The van der Waals surface area contributed by atoms with Gasteiger partial charge in [0.1, 0.15) is 0 Å². The lowest BCUT2D eigenvalue weighted by Crippen LogP contribution is -2.69. The normalized spacial score (nSPS) is 55.1. The van der Waals surface area contributed by atoms with Crippen LogP contribution in [-0.4, -0.2) is 26.5 Å². The average Bonchev–Trinajstić information content (AvgIpc) is 2.30. The van der Waals surface area contributed by atoms with Crippen molar-refractivity contribution in [3.05, 3.63) is 0 Å². The van der Waals surface area contributed by atoms with Crippen molar-refractivity contribution in [1.82, 2.24) is 5.32 Å². The molecule has 0 aromatic rings. The van der Waals surface area contributed by atoms with Crippen molar-refractivity contribution in [2.45, 2.75) is 48.1 Å². The third-order valence-corrected chi connectivity index (χ3v) is 3.93. The van der Waals surface area contributed by atoms with E-state index in [4.69, 9.17) is 16.4 Å². The van der Waals surface area contributed by atoms with Gasteiger partial charge in [-0.15, -0.1) is 0 Å². The Kier molecular flexibility index (Phi) is 0.839. The molecule has 1 fully saturated rings. The van der Waals surface area contributed by atoms with E-state index in [0.717, 1.165) is 0 Å². The SMILES string of the molecule is [2H]C([2H])([2H])C1(C([2H])([2H])[2H])NC(C([2H])([2H])[2H])(C([2H])([2H])[2H])C(Br)C(=O)C1Br. The minimum atomic E-state index is -3.43. The predicted octanol–water partition coefficient (Wildman–Crippen LogP) is 2.24. The summed E-state index contributed by atoms with van der Waals surface area (Å²) in [5.41, 5.74) is -6.24. The smallest absolute Gasteiger partial charge is 0.163 e. The van der Waals surface area contributed by atoms with Gasteiger partial charge in [-0.25, -0.2) is 0 Å². The van der Waals surface area contributed by atoms with Gasteiger partial charge in [0.05, 0.1) is 9.65 Å².